The van der Waals surface area contributed by atoms with E-state index in [-0.39, 0.29) is 17.2 Å². The van der Waals surface area contributed by atoms with Crippen LogP contribution >= 0.6 is 0 Å². The van der Waals surface area contributed by atoms with Gasteiger partial charge in [-0.15, -0.1) is 10.2 Å². The van der Waals surface area contributed by atoms with Crippen LogP contribution in [0.15, 0.2) is 36.4 Å². The second-order valence-corrected chi connectivity index (χ2v) is 4.28. The predicted octanol–water partition coefficient (Wildman–Crippen LogP) is 2.39. The van der Waals surface area contributed by atoms with Gasteiger partial charge in [0, 0.05) is 19.2 Å². The number of rotatable bonds is 5. The molecule has 0 radical (unpaired) electrons. The van der Waals surface area contributed by atoms with Gasteiger partial charge in [0.05, 0.1) is 0 Å². The Balaban J connectivity index is 1.95. The topological polar surface area (TPSA) is 66.9 Å². The molecule has 2 rings (SSSR count). The molecule has 2 aromatic rings. The largest absolute Gasteiger partial charge is 0.365 e. The lowest BCUT2D eigenvalue weighted by Crippen LogP contribution is -2.19. The number of hydrogen-bond acceptors (Lipinski definition) is 4. The molecule has 0 aliphatic rings. The van der Waals surface area contributed by atoms with Crippen molar-refractivity contribution < 1.29 is 13.6 Å². The standard InChI is InChI=1S/C14H14F2N4O/c1-17-14(21)11-6-7-12(20-19-11)18-8-9-2-4-10(5-3-9)13(15)16/h2-7,13H,8H2,1H3,(H,17,21)(H,18,20). The second-order valence-electron chi connectivity index (χ2n) is 4.28. The minimum atomic E-state index is -2.46. The summed E-state index contributed by atoms with van der Waals surface area (Å²) in [4.78, 5) is 11.3. The molecule has 0 saturated heterocycles. The van der Waals surface area contributed by atoms with Crippen molar-refractivity contribution in [1.82, 2.24) is 15.5 Å². The molecule has 5 nitrogen and oxygen atoms in total. The molecule has 1 aromatic heterocycles. The van der Waals surface area contributed by atoms with Crippen LogP contribution in [0.5, 0.6) is 0 Å². The highest BCUT2D eigenvalue weighted by atomic mass is 19.3. The highest BCUT2D eigenvalue weighted by molar-refractivity contribution is 5.91. The fourth-order valence-electron chi connectivity index (χ4n) is 1.65. The average Bonchev–Trinajstić information content (AvgIpc) is 2.53. The summed E-state index contributed by atoms with van der Waals surface area (Å²) in [7, 11) is 1.51. The van der Waals surface area contributed by atoms with Crippen molar-refractivity contribution in [2.45, 2.75) is 13.0 Å². The number of carbonyl (C=O) groups excluding carboxylic acids is 1. The zero-order valence-corrected chi connectivity index (χ0v) is 11.3. The van der Waals surface area contributed by atoms with Gasteiger partial charge in [-0.1, -0.05) is 24.3 Å². The molecule has 0 spiro atoms. The third-order valence-electron chi connectivity index (χ3n) is 2.83. The highest BCUT2D eigenvalue weighted by Gasteiger charge is 2.07. The summed E-state index contributed by atoms with van der Waals surface area (Å²) in [5, 5.41) is 13.1. The number of benzene rings is 1. The van der Waals surface area contributed by atoms with E-state index in [1.807, 2.05) is 0 Å². The number of anilines is 1. The Morgan fingerprint density at radius 3 is 2.38 bits per heavy atom. The highest BCUT2D eigenvalue weighted by Crippen LogP contribution is 2.18. The summed E-state index contributed by atoms with van der Waals surface area (Å²) in [5.74, 6) is 0.192. The van der Waals surface area contributed by atoms with Gasteiger partial charge in [-0.05, 0) is 17.7 Å². The van der Waals surface area contributed by atoms with Crippen LogP contribution in [0.3, 0.4) is 0 Å². The molecule has 1 amide bonds. The molecule has 0 saturated carbocycles. The van der Waals surface area contributed by atoms with Crippen LogP contribution in [0.1, 0.15) is 28.0 Å². The Morgan fingerprint density at radius 2 is 1.86 bits per heavy atom. The third kappa shape index (κ3) is 3.95. The van der Waals surface area contributed by atoms with E-state index in [1.165, 1.54) is 19.2 Å². The maximum Gasteiger partial charge on any atom is 0.271 e. The molecule has 7 heteroatoms. The number of alkyl halides is 2. The van der Waals surface area contributed by atoms with Crippen molar-refractivity contribution in [1.29, 1.82) is 0 Å². The lowest BCUT2D eigenvalue weighted by Gasteiger charge is -2.06. The summed E-state index contributed by atoms with van der Waals surface area (Å²) in [6.07, 6.45) is -2.46. The lowest BCUT2D eigenvalue weighted by atomic mass is 10.1. The zero-order valence-electron chi connectivity index (χ0n) is 11.3. The summed E-state index contributed by atoms with van der Waals surface area (Å²) >= 11 is 0. The number of nitrogens with one attached hydrogen (secondary N) is 2. The van der Waals surface area contributed by atoms with Gasteiger partial charge in [0.25, 0.3) is 12.3 Å². The van der Waals surface area contributed by atoms with Crippen LogP contribution in [0.25, 0.3) is 0 Å². The Kier molecular flexibility index (Phi) is 4.76. The first-order valence-corrected chi connectivity index (χ1v) is 6.27. The third-order valence-corrected chi connectivity index (χ3v) is 2.83. The summed E-state index contributed by atoms with van der Waals surface area (Å²) in [6.45, 7) is 0.428. The summed E-state index contributed by atoms with van der Waals surface area (Å²) in [5.41, 5.74) is 1.06. The molecule has 0 fully saturated rings. The van der Waals surface area contributed by atoms with Gasteiger partial charge >= 0.3 is 0 Å². The fourth-order valence-corrected chi connectivity index (χ4v) is 1.65. The molecule has 21 heavy (non-hydrogen) atoms. The van der Waals surface area contributed by atoms with Gasteiger partial charge in [0.1, 0.15) is 5.82 Å². The predicted molar refractivity (Wildman–Crippen MR) is 74.1 cm³/mol. The SMILES string of the molecule is CNC(=O)c1ccc(NCc2ccc(C(F)F)cc2)nn1. The molecule has 1 aromatic carbocycles. The summed E-state index contributed by atoms with van der Waals surface area (Å²) < 4.78 is 24.8. The molecule has 2 N–H and O–H groups in total. The molecule has 0 aliphatic carbocycles. The first-order chi connectivity index (χ1) is 10.1. The first kappa shape index (κ1) is 14.8. The number of halogens is 2. The van der Waals surface area contributed by atoms with Crippen LogP contribution in [-0.2, 0) is 6.54 Å². The Hall–Kier alpha value is -2.57. The number of carbonyl (C=O) groups is 1. The van der Waals surface area contributed by atoms with Crippen LogP contribution in [-0.4, -0.2) is 23.2 Å². The van der Waals surface area contributed by atoms with Gasteiger partial charge in [-0.2, -0.15) is 0 Å². The quantitative estimate of drug-likeness (QED) is 0.888. The maximum absolute atomic E-state index is 12.4. The van der Waals surface area contributed by atoms with E-state index >= 15 is 0 Å². The van der Waals surface area contributed by atoms with Gasteiger partial charge in [-0.25, -0.2) is 8.78 Å². The lowest BCUT2D eigenvalue weighted by molar-refractivity contribution is 0.0957. The number of hydrogen-bond donors (Lipinski definition) is 2. The van der Waals surface area contributed by atoms with E-state index in [0.717, 1.165) is 5.56 Å². The maximum atomic E-state index is 12.4. The molecule has 0 bridgehead atoms. The van der Waals surface area contributed by atoms with Crippen molar-refractivity contribution in [2.24, 2.45) is 0 Å². The number of nitrogens with zero attached hydrogens (tertiary/aromatic N) is 2. The van der Waals surface area contributed by atoms with E-state index < -0.39 is 6.43 Å². The normalized spacial score (nSPS) is 10.5. The molecular formula is C14H14F2N4O. The monoisotopic (exact) mass is 292 g/mol. The van der Waals surface area contributed by atoms with Crippen molar-refractivity contribution in [3.05, 3.63) is 53.2 Å². The summed E-state index contributed by atoms with van der Waals surface area (Å²) in [6, 6.07) is 9.21. The molecule has 0 unspecified atom stereocenters. The van der Waals surface area contributed by atoms with Crippen molar-refractivity contribution in [3.63, 3.8) is 0 Å². The van der Waals surface area contributed by atoms with Gasteiger partial charge < -0.3 is 10.6 Å². The fraction of sp³-hybridized carbons (Fsp3) is 0.214. The Labute approximate surface area is 120 Å². The van der Waals surface area contributed by atoms with E-state index in [0.29, 0.717) is 12.4 Å². The molecule has 0 atom stereocenters. The molecule has 0 aliphatic heterocycles. The minimum absolute atomic E-state index is 0.00604. The van der Waals surface area contributed by atoms with Crippen LogP contribution in [0.2, 0.25) is 0 Å². The van der Waals surface area contributed by atoms with Gasteiger partial charge in [-0.3, -0.25) is 4.79 Å². The van der Waals surface area contributed by atoms with E-state index in [9.17, 15) is 13.6 Å². The van der Waals surface area contributed by atoms with Crippen molar-refractivity contribution in [3.8, 4) is 0 Å². The number of amides is 1. The van der Waals surface area contributed by atoms with Crippen molar-refractivity contribution >= 4 is 11.7 Å². The van der Waals surface area contributed by atoms with Crippen molar-refractivity contribution in [2.75, 3.05) is 12.4 Å². The first-order valence-electron chi connectivity index (χ1n) is 6.27. The Morgan fingerprint density at radius 1 is 1.14 bits per heavy atom. The Bertz CT molecular complexity index is 599. The molecular weight excluding hydrogens is 278 g/mol. The van der Waals surface area contributed by atoms with Crippen LogP contribution < -0.4 is 10.6 Å². The number of aromatic nitrogens is 2. The zero-order chi connectivity index (χ0) is 15.2. The van der Waals surface area contributed by atoms with Gasteiger partial charge in [0.15, 0.2) is 5.69 Å². The van der Waals surface area contributed by atoms with E-state index in [1.54, 1.807) is 24.3 Å². The van der Waals surface area contributed by atoms with Crippen LogP contribution in [0.4, 0.5) is 14.6 Å². The molecule has 110 valence electrons. The second kappa shape index (κ2) is 6.74. The minimum Gasteiger partial charge on any atom is -0.365 e. The van der Waals surface area contributed by atoms with E-state index in [2.05, 4.69) is 20.8 Å². The average molecular weight is 292 g/mol. The van der Waals surface area contributed by atoms with Gasteiger partial charge in [0.2, 0.25) is 0 Å². The van der Waals surface area contributed by atoms with E-state index in [4.69, 9.17) is 0 Å². The van der Waals surface area contributed by atoms with Crippen LogP contribution in [0, 0.1) is 0 Å². The molecule has 1 heterocycles. The smallest absolute Gasteiger partial charge is 0.271 e.